The zero-order chi connectivity index (χ0) is 12.1. The first-order valence-corrected chi connectivity index (χ1v) is 6.05. The maximum Gasteiger partial charge on any atom is 0.322 e. The van der Waals surface area contributed by atoms with Crippen LogP contribution in [0.1, 0.15) is 19.8 Å². The van der Waals surface area contributed by atoms with Crippen molar-refractivity contribution >= 4 is 17.5 Å². The van der Waals surface area contributed by atoms with E-state index in [1.165, 1.54) is 0 Å². The number of halogens is 1. The Kier molecular flexibility index (Phi) is 4.33. The van der Waals surface area contributed by atoms with Gasteiger partial charge in [0.05, 0.1) is 13.2 Å². The lowest BCUT2D eigenvalue weighted by molar-refractivity contribution is 0.0217. The summed E-state index contributed by atoms with van der Waals surface area (Å²) >= 11 is 5.80. The standard InChI is InChI=1S/C10H15ClN4O2/c1-2-12-9-13-8(11)14-10(15-9)17-7-3-5-16-6-4-7/h7H,2-6H2,1H3,(H,12,13,14,15). The molecule has 0 unspecified atom stereocenters. The van der Waals surface area contributed by atoms with E-state index in [4.69, 9.17) is 21.1 Å². The van der Waals surface area contributed by atoms with Crippen molar-refractivity contribution in [2.75, 3.05) is 25.1 Å². The highest BCUT2D eigenvalue weighted by Crippen LogP contribution is 2.16. The van der Waals surface area contributed by atoms with Gasteiger partial charge in [-0.2, -0.15) is 15.0 Å². The molecule has 0 radical (unpaired) electrons. The third-order valence-corrected chi connectivity index (χ3v) is 2.53. The second-order valence-corrected chi connectivity index (χ2v) is 4.01. The van der Waals surface area contributed by atoms with E-state index in [0.29, 0.717) is 19.2 Å². The number of nitrogens with zero attached hydrogens (tertiary/aromatic N) is 3. The van der Waals surface area contributed by atoms with Crippen LogP contribution in [0.15, 0.2) is 0 Å². The normalized spacial score (nSPS) is 16.8. The van der Waals surface area contributed by atoms with E-state index < -0.39 is 0 Å². The van der Waals surface area contributed by atoms with Gasteiger partial charge in [-0.15, -0.1) is 0 Å². The highest BCUT2D eigenvalue weighted by atomic mass is 35.5. The lowest BCUT2D eigenvalue weighted by atomic mass is 10.2. The van der Waals surface area contributed by atoms with Crippen LogP contribution in [0.4, 0.5) is 5.95 Å². The molecule has 0 aliphatic carbocycles. The van der Waals surface area contributed by atoms with Crippen molar-refractivity contribution in [3.05, 3.63) is 5.28 Å². The molecular weight excluding hydrogens is 244 g/mol. The Bertz CT molecular complexity index is 371. The quantitative estimate of drug-likeness (QED) is 0.883. The molecule has 7 heteroatoms. The zero-order valence-corrected chi connectivity index (χ0v) is 10.4. The van der Waals surface area contributed by atoms with Gasteiger partial charge in [0.2, 0.25) is 11.2 Å². The Morgan fingerprint density at radius 3 is 2.82 bits per heavy atom. The van der Waals surface area contributed by atoms with Crippen LogP contribution < -0.4 is 10.1 Å². The molecule has 0 bridgehead atoms. The minimum atomic E-state index is 0.0942. The van der Waals surface area contributed by atoms with Gasteiger partial charge in [-0.25, -0.2) is 0 Å². The van der Waals surface area contributed by atoms with Gasteiger partial charge in [-0.1, -0.05) is 0 Å². The molecule has 17 heavy (non-hydrogen) atoms. The first-order valence-electron chi connectivity index (χ1n) is 5.67. The van der Waals surface area contributed by atoms with E-state index in [1.54, 1.807) is 0 Å². The molecule has 0 amide bonds. The van der Waals surface area contributed by atoms with Crippen molar-refractivity contribution in [1.29, 1.82) is 0 Å². The summed E-state index contributed by atoms with van der Waals surface area (Å²) < 4.78 is 10.9. The Hall–Kier alpha value is -1.14. The van der Waals surface area contributed by atoms with Crippen LogP contribution >= 0.6 is 11.6 Å². The summed E-state index contributed by atoms with van der Waals surface area (Å²) in [6.07, 6.45) is 1.79. The van der Waals surface area contributed by atoms with Gasteiger partial charge in [0.1, 0.15) is 6.10 Å². The van der Waals surface area contributed by atoms with Crippen LogP contribution in [-0.2, 0) is 4.74 Å². The molecule has 6 nitrogen and oxygen atoms in total. The van der Waals surface area contributed by atoms with E-state index in [2.05, 4.69) is 20.3 Å². The lowest BCUT2D eigenvalue weighted by Gasteiger charge is -2.22. The fraction of sp³-hybridized carbons (Fsp3) is 0.700. The van der Waals surface area contributed by atoms with Gasteiger partial charge in [-0.3, -0.25) is 0 Å². The molecular formula is C10H15ClN4O2. The summed E-state index contributed by atoms with van der Waals surface area (Å²) in [5, 5.41) is 3.11. The molecule has 0 spiro atoms. The van der Waals surface area contributed by atoms with E-state index in [1.807, 2.05) is 6.92 Å². The number of aromatic nitrogens is 3. The molecule has 1 aromatic heterocycles. The zero-order valence-electron chi connectivity index (χ0n) is 9.65. The molecule has 1 saturated heterocycles. The molecule has 1 aromatic rings. The number of rotatable bonds is 4. The third kappa shape index (κ3) is 3.67. The summed E-state index contributed by atoms with van der Waals surface area (Å²) in [6, 6.07) is 0.271. The van der Waals surface area contributed by atoms with Crippen molar-refractivity contribution in [3.63, 3.8) is 0 Å². The largest absolute Gasteiger partial charge is 0.460 e. The maximum absolute atomic E-state index is 5.80. The van der Waals surface area contributed by atoms with E-state index in [9.17, 15) is 0 Å². The molecule has 0 saturated carbocycles. The third-order valence-electron chi connectivity index (χ3n) is 2.36. The highest BCUT2D eigenvalue weighted by Gasteiger charge is 2.17. The average molecular weight is 259 g/mol. The van der Waals surface area contributed by atoms with E-state index >= 15 is 0 Å². The second kappa shape index (κ2) is 5.97. The van der Waals surface area contributed by atoms with Crippen LogP contribution in [0.5, 0.6) is 6.01 Å². The summed E-state index contributed by atoms with van der Waals surface area (Å²) in [5.74, 6) is 0.439. The summed E-state index contributed by atoms with van der Waals surface area (Å²) in [4.78, 5) is 12.0. The van der Waals surface area contributed by atoms with E-state index in [0.717, 1.165) is 19.4 Å². The summed E-state index contributed by atoms with van der Waals surface area (Å²) in [6.45, 7) is 4.10. The van der Waals surface area contributed by atoms with Gasteiger partial charge >= 0.3 is 6.01 Å². The Labute approximate surface area is 105 Å². The van der Waals surface area contributed by atoms with Gasteiger partial charge in [0.25, 0.3) is 0 Å². The molecule has 0 atom stereocenters. The molecule has 1 fully saturated rings. The first-order chi connectivity index (χ1) is 8.28. The molecule has 0 aromatic carbocycles. The summed E-state index contributed by atoms with van der Waals surface area (Å²) in [7, 11) is 0. The van der Waals surface area contributed by atoms with Gasteiger partial charge < -0.3 is 14.8 Å². The van der Waals surface area contributed by atoms with Crippen molar-refractivity contribution in [3.8, 4) is 6.01 Å². The highest BCUT2D eigenvalue weighted by molar-refractivity contribution is 6.28. The van der Waals surface area contributed by atoms with Crippen molar-refractivity contribution in [2.24, 2.45) is 0 Å². The molecule has 1 aliphatic rings. The predicted octanol–water partition coefficient (Wildman–Crippen LogP) is 1.51. The number of hydrogen-bond acceptors (Lipinski definition) is 6. The van der Waals surface area contributed by atoms with Gasteiger partial charge in [0, 0.05) is 19.4 Å². The van der Waals surface area contributed by atoms with Crippen molar-refractivity contribution in [1.82, 2.24) is 15.0 Å². The first kappa shape index (κ1) is 12.3. The molecule has 1 aliphatic heterocycles. The molecule has 1 N–H and O–H groups in total. The SMILES string of the molecule is CCNc1nc(Cl)nc(OC2CCOCC2)n1. The fourth-order valence-corrected chi connectivity index (χ4v) is 1.72. The number of anilines is 1. The number of nitrogens with one attached hydrogen (secondary N) is 1. The number of hydrogen-bond donors (Lipinski definition) is 1. The molecule has 94 valence electrons. The Morgan fingerprint density at radius 1 is 1.35 bits per heavy atom. The predicted molar refractivity (Wildman–Crippen MR) is 63.5 cm³/mol. The van der Waals surface area contributed by atoms with Crippen LogP contribution in [0.25, 0.3) is 0 Å². The van der Waals surface area contributed by atoms with Gasteiger partial charge in [0.15, 0.2) is 0 Å². The topological polar surface area (TPSA) is 69.2 Å². The van der Waals surface area contributed by atoms with Crippen LogP contribution in [0.3, 0.4) is 0 Å². The average Bonchev–Trinajstić information content (AvgIpc) is 2.30. The lowest BCUT2D eigenvalue weighted by Crippen LogP contribution is -2.26. The van der Waals surface area contributed by atoms with Gasteiger partial charge in [-0.05, 0) is 18.5 Å². The minimum absolute atomic E-state index is 0.0942. The van der Waals surface area contributed by atoms with E-state index in [-0.39, 0.29) is 17.4 Å². The summed E-state index contributed by atoms with van der Waals surface area (Å²) in [5.41, 5.74) is 0. The monoisotopic (exact) mass is 258 g/mol. The molecule has 2 heterocycles. The van der Waals surface area contributed by atoms with Crippen LogP contribution in [0.2, 0.25) is 5.28 Å². The minimum Gasteiger partial charge on any atom is -0.460 e. The van der Waals surface area contributed by atoms with Crippen molar-refractivity contribution in [2.45, 2.75) is 25.9 Å². The number of ether oxygens (including phenoxy) is 2. The molecule has 2 rings (SSSR count). The Morgan fingerprint density at radius 2 is 2.12 bits per heavy atom. The maximum atomic E-state index is 5.80. The van der Waals surface area contributed by atoms with Crippen LogP contribution in [-0.4, -0.2) is 40.8 Å². The fourth-order valence-electron chi connectivity index (χ4n) is 1.56. The van der Waals surface area contributed by atoms with Crippen LogP contribution in [0, 0.1) is 0 Å². The van der Waals surface area contributed by atoms with Crippen molar-refractivity contribution < 1.29 is 9.47 Å². The smallest absolute Gasteiger partial charge is 0.322 e. The second-order valence-electron chi connectivity index (χ2n) is 3.67. The Balaban J connectivity index is 2.03.